The summed E-state index contributed by atoms with van der Waals surface area (Å²) in [6, 6.07) is 4.16. The molecule has 0 spiro atoms. The summed E-state index contributed by atoms with van der Waals surface area (Å²) in [7, 11) is 0. The van der Waals surface area contributed by atoms with Gasteiger partial charge in [0.1, 0.15) is 0 Å². The number of nitrogens with zero attached hydrogens (tertiary/aromatic N) is 3. The van der Waals surface area contributed by atoms with Gasteiger partial charge in [-0.15, -0.1) is 0 Å². The molecule has 1 aliphatic rings. The molecular formula is C13H16N4O. The van der Waals surface area contributed by atoms with Gasteiger partial charge < -0.3 is 9.84 Å². The summed E-state index contributed by atoms with van der Waals surface area (Å²) >= 11 is 0. The van der Waals surface area contributed by atoms with Crippen molar-refractivity contribution in [1.29, 1.82) is 0 Å². The van der Waals surface area contributed by atoms with Gasteiger partial charge in [-0.2, -0.15) is 4.98 Å². The number of aromatic nitrogens is 3. The molecule has 18 heavy (non-hydrogen) atoms. The third-order valence-electron chi connectivity index (χ3n) is 3.18. The zero-order valence-corrected chi connectivity index (χ0v) is 10.2. The maximum Gasteiger partial charge on any atom is 0.243 e. The Hall–Kier alpha value is -1.75. The van der Waals surface area contributed by atoms with E-state index in [4.69, 9.17) is 4.52 Å². The second-order valence-corrected chi connectivity index (χ2v) is 4.59. The lowest BCUT2D eigenvalue weighted by molar-refractivity contribution is 0.296. The fourth-order valence-corrected chi connectivity index (χ4v) is 2.23. The fourth-order valence-electron chi connectivity index (χ4n) is 2.23. The highest BCUT2D eigenvalue weighted by Gasteiger charge is 2.20. The van der Waals surface area contributed by atoms with Crippen molar-refractivity contribution in [1.82, 2.24) is 20.4 Å². The molecule has 1 N–H and O–H groups in total. The van der Waals surface area contributed by atoms with E-state index in [1.807, 2.05) is 18.3 Å². The summed E-state index contributed by atoms with van der Waals surface area (Å²) in [6.45, 7) is 1.03. The molecule has 0 aromatic carbocycles. The maximum atomic E-state index is 5.33. The molecule has 5 nitrogen and oxygen atoms in total. The molecule has 0 aliphatic carbocycles. The summed E-state index contributed by atoms with van der Waals surface area (Å²) in [5.74, 6) is 1.44. The van der Waals surface area contributed by atoms with Gasteiger partial charge in [-0.05, 0) is 31.0 Å². The molecule has 94 valence electrons. The van der Waals surface area contributed by atoms with Crippen LogP contribution in [-0.2, 0) is 6.42 Å². The Kier molecular flexibility index (Phi) is 3.32. The number of hydrogen-bond acceptors (Lipinski definition) is 5. The summed E-state index contributed by atoms with van der Waals surface area (Å²) in [4.78, 5) is 8.54. The van der Waals surface area contributed by atoms with Crippen molar-refractivity contribution in [3.05, 3.63) is 41.8 Å². The van der Waals surface area contributed by atoms with Crippen molar-refractivity contribution in [2.45, 2.75) is 31.7 Å². The second-order valence-electron chi connectivity index (χ2n) is 4.59. The van der Waals surface area contributed by atoms with Gasteiger partial charge in [-0.1, -0.05) is 17.6 Å². The molecular weight excluding hydrogens is 228 g/mol. The zero-order chi connectivity index (χ0) is 12.2. The van der Waals surface area contributed by atoms with E-state index in [0.717, 1.165) is 24.4 Å². The molecule has 5 heteroatoms. The van der Waals surface area contributed by atoms with E-state index in [1.165, 1.54) is 12.8 Å². The van der Waals surface area contributed by atoms with E-state index in [2.05, 4.69) is 20.4 Å². The Morgan fingerprint density at radius 2 is 2.39 bits per heavy atom. The van der Waals surface area contributed by atoms with Crippen molar-refractivity contribution >= 4 is 0 Å². The van der Waals surface area contributed by atoms with Crippen LogP contribution in [0, 0.1) is 0 Å². The van der Waals surface area contributed by atoms with Crippen LogP contribution in [-0.4, -0.2) is 21.7 Å². The Labute approximate surface area is 106 Å². The Bertz CT molecular complexity index is 491. The molecule has 2 aromatic rings. The first-order chi connectivity index (χ1) is 8.92. The smallest absolute Gasteiger partial charge is 0.243 e. The lowest BCUT2D eigenvalue weighted by Crippen LogP contribution is -2.27. The summed E-state index contributed by atoms with van der Waals surface area (Å²) < 4.78 is 5.33. The Morgan fingerprint density at radius 1 is 1.39 bits per heavy atom. The molecule has 1 aliphatic heterocycles. The average molecular weight is 244 g/mol. The normalized spacial score (nSPS) is 19.9. The van der Waals surface area contributed by atoms with Gasteiger partial charge in [0.15, 0.2) is 5.82 Å². The average Bonchev–Trinajstić information content (AvgIpc) is 2.89. The summed E-state index contributed by atoms with van der Waals surface area (Å²) in [5.41, 5.74) is 1.10. The molecule has 0 bridgehead atoms. The van der Waals surface area contributed by atoms with Crippen molar-refractivity contribution < 1.29 is 4.52 Å². The predicted molar refractivity (Wildman–Crippen MR) is 65.9 cm³/mol. The highest BCUT2D eigenvalue weighted by Crippen LogP contribution is 2.21. The van der Waals surface area contributed by atoms with Crippen LogP contribution in [0.3, 0.4) is 0 Å². The quantitative estimate of drug-likeness (QED) is 0.893. The second kappa shape index (κ2) is 5.27. The highest BCUT2D eigenvalue weighted by molar-refractivity contribution is 5.13. The zero-order valence-electron chi connectivity index (χ0n) is 10.2. The molecule has 3 heterocycles. The molecule has 0 amide bonds. The molecule has 0 unspecified atom stereocenters. The SMILES string of the molecule is c1cncc(Cc2noc([C@@H]3CCCCN3)n2)c1. The number of hydrogen-bond donors (Lipinski definition) is 1. The summed E-state index contributed by atoms with van der Waals surface area (Å²) in [6.07, 6.45) is 7.79. The van der Waals surface area contributed by atoms with Gasteiger partial charge in [0.05, 0.1) is 6.04 Å². The number of pyridine rings is 1. The van der Waals surface area contributed by atoms with Gasteiger partial charge >= 0.3 is 0 Å². The topological polar surface area (TPSA) is 63.8 Å². The van der Waals surface area contributed by atoms with Gasteiger partial charge in [-0.3, -0.25) is 4.98 Å². The molecule has 1 atom stereocenters. The molecule has 1 fully saturated rings. The molecule has 2 aromatic heterocycles. The van der Waals surface area contributed by atoms with Crippen LogP contribution >= 0.6 is 0 Å². The van der Waals surface area contributed by atoms with Crippen molar-refractivity contribution in [3.8, 4) is 0 Å². The van der Waals surface area contributed by atoms with Crippen LogP contribution < -0.4 is 5.32 Å². The molecule has 1 saturated heterocycles. The number of piperidine rings is 1. The minimum Gasteiger partial charge on any atom is -0.338 e. The van der Waals surface area contributed by atoms with E-state index < -0.39 is 0 Å². The van der Waals surface area contributed by atoms with Crippen molar-refractivity contribution in [2.24, 2.45) is 0 Å². The standard InChI is InChI=1S/C13H16N4O/c1-2-7-15-11(5-1)13-16-12(17-18-13)8-10-4-3-6-14-9-10/h3-4,6,9,11,15H,1-2,5,7-8H2/t11-/m0/s1. The van der Waals surface area contributed by atoms with Gasteiger partial charge in [-0.25, -0.2) is 0 Å². The lowest BCUT2D eigenvalue weighted by Gasteiger charge is -2.19. The monoisotopic (exact) mass is 244 g/mol. The van der Waals surface area contributed by atoms with Gasteiger partial charge in [0, 0.05) is 18.8 Å². The first kappa shape index (κ1) is 11.3. The highest BCUT2D eigenvalue weighted by atomic mass is 16.5. The Morgan fingerprint density at radius 3 is 3.17 bits per heavy atom. The molecule has 0 saturated carbocycles. The van der Waals surface area contributed by atoms with E-state index in [9.17, 15) is 0 Å². The lowest BCUT2D eigenvalue weighted by atomic mass is 10.1. The number of nitrogens with one attached hydrogen (secondary N) is 1. The molecule has 3 rings (SSSR count). The van der Waals surface area contributed by atoms with Crippen LogP contribution in [0.1, 0.15) is 42.6 Å². The first-order valence-corrected chi connectivity index (χ1v) is 6.36. The van der Waals surface area contributed by atoms with Crippen LogP contribution in [0.25, 0.3) is 0 Å². The van der Waals surface area contributed by atoms with Crippen LogP contribution in [0.4, 0.5) is 0 Å². The first-order valence-electron chi connectivity index (χ1n) is 6.36. The van der Waals surface area contributed by atoms with Gasteiger partial charge in [0.2, 0.25) is 5.89 Å². The van der Waals surface area contributed by atoms with E-state index in [-0.39, 0.29) is 6.04 Å². The minimum atomic E-state index is 0.230. The van der Waals surface area contributed by atoms with Crippen LogP contribution in [0.2, 0.25) is 0 Å². The minimum absolute atomic E-state index is 0.230. The predicted octanol–water partition coefficient (Wildman–Crippen LogP) is 1.87. The van der Waals surface area contributed by atoms with E-state index >= 15 is 0 Å². The van der Waals surface area contributed by atoms with Gasteiger partial charge in [0.25, 0.3) is 0 Å². The molecule has 0 radical (unpaired) electrons. The van der Waals surface area contributed by atoms with E-state index in [0.29, 0.717) is 12.3 Å². The third kappa shape index (κ3) is 2.56. The third-order valence-corrected chi connectivity index (χ3v) is 3.18. The van der Waals surface area contributed by atoms with Crippen molar-refractivity contribution in [2.75, 3.05) is 6.54 Å². The maximum absolute atomic E-state index is 5.33. The van der Waals surface area contributed by atoms with Crippen molar-refractivity contribution in [3.63, 3.8) is 0 Å². The Balaban J connectivity index is 1.69. The largest absolute Gasteiger partial charge is 0.338 e. The summed E-state index contributed by atoms with van der Waals surface area (Å²) in [5, 5.41) is 7.44. The van der Waals surface area contributed by atoms with Crippen LogP contribution in [0.15, 0.2) is 29.0 Å². The van der Waals surface area contributed by atoms with Crippen LogP contribution in [0.5, 0.6) is 0 Å². The number of rotatable bonds is 3. The van der Waals surface area contributed by atoms with E-state index in [1.54, 1.807) is 6.20 Å². The fraction of sp³-hybridized carbons (Fsp3) is 0.462.